The molecule has 0 saturated carbocycles. The fraction of sp³-hybridized carbons (Fsp3) is 0.182. The van der Waals surface area contributed by atoms with E-state index in [1.807, 2.05) is 46.4 Å². The van der Waals surface area contributed by atoms with Gasteiger partial charge in [-0.3, -0.25) is 9.20 Å². The van der Waals surface area contributed by atoms with Crippen LogP contribution < -0.4 is 5.32 Å². The molecule has 0 radical (unpaired) electrons. The van der Waals surface area contributed by atoms with Crippen molar-refractivity contribution in [3.63, 3.8) is 0 Å². The second kappa shape index (κ2) is 8.62. The van der Waals surface area contributed by atoms with Gasteiger partial charge in [0.25, 0.3) is 5.91 Å². The molecule has 160 valence electrons. The van der Waals surface area contributed by atoms with Gasteiger partial charge in [0.2, 0.25) is 10.0 Å². The number of amides is 1. The van der Waals surface area contributed by atoms with Crippen LogP contribution in [0.5, 0.6) is 0 Å². The number of anilines is 1. The molecular weight excluding hydrogens is 432 g/mol. The van der Waals surface area contributed by atoms with Crippen molar-refractivity contribution in [2.75, 3.05) is 18.4 Å². The number of benzene rings is 2. The molecule has 2 aromatic heterocycles. The molecule has 31 heavy (non-hydrogen) atoms. The van der Waals surface area contributed by atoms with E-state index in [9.17, 15) is 13.2 Å². The highest BCUT2D eigenvalue weighted by molar-refractivity contribution is 7.89. The molecule has 4 aromatic rings. The standard InChI is InChI=1S/C22H22N4O3S2/c1-3-26(4-2)31(28,29)19-11-7-17(8-12-19)21(27)23-18-9-5-16(6-10-18)20-15-25-13-14-30-22(25)24-20/h5-15H,3-4H2,1-2H3,(H,23,27). The molecule has 0 unspecified atom stereocenters. The number of carbonyl (C=O) groups is 1. The lowest BCUT2D eigenvalue weighted by atomic mass is 10.1. The molecule has 0 atom stereocenters. The summed E-state index contributed by atoms with van der Waals surface area (Å²) in [4.78, 5) is 18.3. The van der Waals surface area contributed by atoms with E-state index in [2.05, 4.69) is 10.3 Å². The summed E-state index contributed by atoms with van der Waals surface area (Å²) in [7, 11) is -3.54. The second-order valence-electron chi connectivity index (χ2n) is 6.86. The lowest BCUT2D eigenvalue weighted by molar-refractivity contribution is 0.102. The van der Waals surface area contributed by atoms with Crippen molar-refractivity contribution in [1.29, 1.82) is 0 Å². The lowest BCUT2D eigenvalue weighted by Gasteiger charge is -2.18. The van der Waals surface area contributed by atoms with E-state index >= 15 is 0 Å². The van der Waals surface area contributed by atoms with Crippen molar-refractivity contribution in [1.82, 2.24) is 13.7 Å². The molecule has 0 aliphatic rings. The Morgan fingerprint density at radius 2 is 1.74 bits per heavy atom. The van der Waals surface area contributed by atoms with Gasteiger partial charge in [0.05, 0.1) is 10.6 Å². The van der Waals surface area contributed by atoms with Crippen LogP contribution in [0.3, 0.4) is 0 Å². The van der Waals surface area contributed by atoms with E-state index in [1.54, 1.807) is 25.2 Å². The number of sulfonamides is 1. The third kappa shape index (κ3) is 4.25. The Balaban J connectivity index is 1.46. The van der Waals surface area contributed by atoms with E-state index in [4.69, 9.17) is 0 Å². The Morgan fingerprint density at radius 1 is 1.06 bits per heavy atom. The van der Waals surface area contributed by atoms with Crippen LogP contribution in [-0.4, -0.2) is 41.1 Å². The Kier molecular flexibility index (Phi) is 5.90. The third-order valence-corrected chi connectivity index (χ3v) is 7.83. The number of hydrogen-bond donors (Lipinski definition) is 1. The first kappa shape index (κ1) is 21.2. The first-order valence-electron chi connectivity index (χ1n) is 9.86. The van der Waals surface area contributed by atoms with Crippen LogP contribution in [0.2, 0.25) is 0 Å². The minimum Gasteiger partial charge on any atom is -0.322 e. The fourth-order valence-electron chi connectivity index (χ4n) is 3.29. The lowest BCUT2D eigenvalue weighted by Crippen LogP contribution is -2.30. The molecule has 2 aromatic carbocycles. The van der Waals surface area contributed by atoms with E-state index in [-0.39, 0.29) is 10.8 Å². The van der Waals surface area contributed by atoms with Crippen LogP contribution in [0.1, 0.15) is 24.2 Å². The normalized spacial score (nSPS) is 11.8. The number of nitrogens with zero attached hydrogens (tertiary/aromatic N) is 3. The van der Waals surface area contributed by atoms with Gasteiger partial charge in [-0.1, -0.05) is 26.0 Å². The van der Waals surface area contributed by atoms with Crippen molar-refractivity contribution in [3.8, 4) is 11.3 Å². The van der Waals surface area contributed by atoms with Gasteiger partial charge >= 0.3 is 0 Å². The highest BCUT2D eigenvalue weighted by Gasteiger charge is 2.21. The van der Waals surface area contributed by atoms with Crippen LogP contribution in [-0.2, 0) is 10.0 Å². The van der Waals surface area contributed by atoms with E-state index < -0.39 is 10.0 Å². The summed E-state index contributed by atoms with van der Waals surface area (Å²) in [6, 6.07) is 13.4. The van der Waals surface area contributed by atoms with E-state index in [0.717, 1.165) is 16.2 Å². The summed E-state index contributed by atoms with van der Waals surface area (Å²) in [6.07, 6.45) is 3.93. The maximum Gasteiger partial charge on any atom is 0.255 e. The summed E-state index contributed by atoms with van der Waals surface area (Å²) in [6.45, 7) is 4.38. The third-order valence-electron chi connectivity index (χ3n) is 4.99. The van der Waals surface area contributed by atoms with E-state index in [1.165, 1.54) is 28.6 Å². The number of carbonyl (C=O) groups excluding carboxylic acids is 1. The fourth-order valence-corrected chi connectivity index (χ4v) is 5.44. The van der Waals surface area contributed by atoms with Gasteiger partial charge in [-0.15, -0.1) is 11.3 Å². The Morgan fingerprint density at radius 3 is 2.35 bits per heavy atom. The minimum atomic E-state index is -3.54. The zero-order valence-corrected chi connectivity index (χ0v) is 18.8. The average molecular weight is 455 g/mol. The first-order valence-corrected chi connectivity index (χ1v) is 12.2. The van der Waals surface area contributed by atoms with Gasteiger partial charge in [0.15, 0.2) is 4.96 Å². The molecule has 0 spiro atoms. The zero-order chi connectivity index (χ0) is 22.0. The smallest absolute Gasteiger partial charge is 0.255 e. The number of thiazole rings is 1. The Bertz CT molecular complexity index is 1270. The monoisotopic (exact) mass is 454 g/mol. The molecule has 0 aliphatic carbocycles. The van der Waals surface area contributed by atoms with E-state index in [0.29, 0.717) is 24.3 Å². The SMILES string of the molecule is CCN(CC)S(=O)(=O)c1ccc(C(=O)Nc2ccc(-c3cn4ccsc4n3)cc2)cc1. The number of hydrogen-bond acceptors (Lipinski definition) is 5. The maximum atomic E-state index is 12.6. The Hall–Kier alpha value is -3.01. The van der Waals surface area contributed by atoms with Crippen LogP contribution in [0, 0.1) is 0 Å². The zero-order valence-electron chi connectivity index (χ0n) is 17.1. The topological polar surface area (TPSA) is 83.8 Å². The number of nitrogens with one attached hydrogen (secondary N) is 1. The van der Waals surface area contributed by atoms with Crippen molar-refractivity contribution >= 4 is 37.9 Å². The average Bonchev–Trinajstić information content (AvgIpc) is 3.37. The largest absolute Gasteiger partial charge is 0.322 e. The predicted molar refractivity (Wildman–Crippen MR) is 123 cm³/mol. The number of imidazole rings is 1. The predicted octanol–water partition coefficient (Wildman–Crippen LogP) is 4.35. The molecule has 1 amide bonds. The summed E-state index contributed by atoms with van der Waals surface area (Å²) >= 11 is 1.57. The Labute approximate surface area is 185 Å². The summed E-state index contributed by atoms with van der Waals surface area (Å²) < 4.78 is 28.5. The molecule has 2 heterocycles. The van der Waals surface area contributed by atoms with Crippen LogP contribution >= 0.6 is 11.3 Å². The highest BCUT2D eigenvalue weighted by atomic mass is 32.2. The van der Waals surface area contributed by atoms with Crippen molar-refractivity contribution < 1.29 is 13.2 Å². The number of rotatable bonds is 7. The van der Waals surface area contributed by atoms with Gasteiger partial charge in [0, 0.05) is 47.7 Å². The molecule has 0 fully saturated rings. The highest BCUT2D eigenvalue weighted by Crippen LogP contribution is 2.23. The molecule has 0 bridgehead atoms. The summed E-state index contributed by atoms with van der Waals surface area (Å²) in [5.41, 5.74) is 2.86. The minimum absolute atomic E-state index is 0.178. The van der Waals surface area contributed by atoms with Gasteiger partial charge in [-0.05, 0) is 36.4 Å². The summed E-state index contributed by atoms with van der Waals surface area (Å²) in [5.74, 6) is -0.304. The van der Waals surface area contributed by atoms with Crippen LogP contribution in [0.15, 0.2) is 71.2 Å². The number of aromatic nitrogens is 2. The van der Waals surface area contributed by atoms with Gasteiger partial charge in [-0.2, -0.15) is 4.31 Å². The molecule has 4 rings (SSSR count). The second-order valence-corrected chi connectivity index (χ2v) is 9.68. The molecule has 7 nitrogen and oxygen atoms in total. The maximum absolute atomic E-state index is 12.6. The number of fused-ring (bicyclic) bond motifs is 1. The molecular formula is C22H22N4O3S2. The van der Waals surface area contributed by atoms with Crippen LogP contribution in [0.4, 0.5) is 5.69 Å². The summed E-state index contributed by atoms with van der Waals surface area (Å²) in [5, 5.41) is 4.82. The quantitative estimate of drug-likeness (QED) is 0.450. The molecule has 0 aliphatic heterocycles. The first-order chi connectivity index (χ1) is 14.9. The van der Waals surface area contributed by atoms with Crippen molar-refractivity contribution in [2.24, 2.45) is 0 Å². The molecule has 0 saturated heterocycles. The van der Waals surface area contributed by atoms with Gasteiger partial charge in [-0.25, -0.2) is 13.4 Å². The molecule has 1 N–H and O–H groups in total. The van der Waals surface area contributed by atoms with Crippen molar-refractivity contribution in [2.45, 2.75) is 18.7 Å². The van der Waals surface area contributed by atoms with Crippen molar-refractivity contribution in [3.05, 3.63) is 71.9 Å². The van der Waals surface area contributed by atoms with Gasteiger partial charge in [0.1, 0.15) is 0 Å². The van der Waals surface area contributed by atoms with Gasteiger partial charge < -0.3 is 5.32 Å². The van der Waals surface area contributed by atoms with Crippen LogP contribution in [0.25, 0.3) is 16.2 Å². The molecule has 9 heteroatoms.